The Kier molecular flexibility index (Phi) is 6.14. The summed E-state index contributed by atoms with van der Waals surface area (Å²) in [6, 6.07) is 5.29. The van der Waals surface area contributed by atoms with Crippen molar-refractivity contribution < 1.29 is 40.3 Å². The molecule has 10 heteroatoms. The van der Waals surface area contributed by atoms with Crippen LogP contribution in [0.1, 0.15) is 43.2 Å². The van der Waals surface area contributed by atoms with Crippen molar-refractivity contribution in [2.45, 2.75) is 47.9 Å². The van der Waals surface area contributed by atoms with Crippen LogP contribution in [0.2, 0.25) is 0 Å². The van der Waals surface area contributed by atoms with Crippen molar-refractivity contribution in [3.63, 3.8) is 0 Å². The molecule has 2 aromatic rings. The number of sulfone groups is 1. The standard InChI is InChI=1S/C21H19F5O4S/c22-15-3-6-18(23)17(12-15)20(9-7-13(8-10-20)11-19(27)28)31(29,30)16-4-1-14(2-5-16)21(24,25)26/h1-6,12-13H,7-11H2,(H,27,28)/t13-,20+. The second-order valence-corrected chi connectivity index (χ2v) is 9.95. The van der Waals surface area contributed by atoms with Crippen LogP contribution in [0.4, 0.5) is 22.0 Å². The van der Waals surface area contributed by atoms with Gasteiger partial charge in [-0.25, -0.2) is 17.2 Å². The summed E-state index contributed by atoms with van der Waals surface area (Å²) in [6.07, 6.45) is -4.97. The number of aliphatic carboxylic acids is 1. The first-order valence-corrected chi connectivity index (χ1v) is 10.9. The highest BCUT2D eigenvalue weighted by Crippen LogP contribution is 2.50. The minimum absolute atomic E-state index is 0.127. The summed E-state index contributed by atoms with van der Waals surface area (Å²) in [5.41, 5.74) is -1.44. The van der Waals surface area contributed by atoms with E-state index in [0.29, 0.717) is 12.1 Å². The van der Waals surface area contributed by atoms with Gasteiger partial charge in [0.1, 0.15) is 16.4 Å². The smallest absolute Gasteiger partial charge is 0.416 e. The molecule has 31 heavy (non-hydrogen) atoms. The molecule has 168 valence electrons. The SMILES string of the molecule is O=C(O)C[C@H]1CC[C@@](c2cc(F)ccc2F)(S(=O)(=O)c2ccc(C(F)(F)F)cc2)CC1. The quantitative estimate of drug-likeness (QED) is 0.611. The van der Waals surface area contributed by atoms with Crippen molar-refractivity contribution in [3.05, 3.63) is 65.2 Å². The van der Waals surface area contributed by atoms with Crippen molar-refractivity contribution in [3.8, 4) is 0 Å². The van der Waals surface area contributed by atoms with Gasteiger partial charge in [0.15, 0.2) is 9.84 Å². The Morgan fingerprint density at radius 1 is 1.03 bits per heavy atom. The van der Waals surface area contributed by atoms with E-state index in [0.717, 1.165) is 30.3 Å². The number of alkyl halides is 3. The molecule has 1 aliphatic rings. The molecule has 3 rings (SSSR count). The molecule has 0 bridgehead atoms. The van der Waals surface area contributed by atoms with E-state index in [4.69, 9.17) is 5.11 Å². The third kappa shape index (κ3) is 4.44. The minimum atomic E-state index is -4.66. The van der Waals surface area contributed by atoms with Gasteiger partial charge in [-0.1, -0.05) is 0 Å². The van der Waals surface area contributed by atoms with E-state index >= 15 is 0 Å². The Bertz CT molecular complexity index is 1070. The number of carboxylic acids is 1. The highest BCUT2D eigenvalue weighted by Gasteiger charge is 2.50. The van der Waals surface area contributed by atoms with Crippen LogP contribution in [0, 0.1) is 17.6 Å². The molecule has 0 atom stereocenters. The Balaban J connectivity index is 2.10. The van der Waals surface area contributed by atoms with Gasteiger partial charge in [0, 0.05) is 12.0 Å². The molecular weight excluding hydrogens is 443 g/mol. The largest absolute Gasteiger partial charge is 0.481 e. The second-order valence-electron chi connectivity index (χ2n) is 7.69. The highest BCUT2D eigenvalue weighted by atomic mass is 32.2. The third-order valence-corrected chi connectivity index (χ3v) is 8.35. The summed E-state index contributed by atoms with van der Waals surface area (Å²) >= 11 is 0. The van der Waals surface area contributed by atoms with Crippen LogP contribution in [0.5, 0.6) is 0 Å². The Labute approximate surface area is 175 Å². The number of rotatable bonds is 5. The zero-order valence-corrected chi connectivity index (χ0v) is 16.9. The average Bonchev–Trinajstić information content (AvgIpc) is 2.69. The number of halogens is 5. The zero-order valence-electron chi connectivity index (χ0n) is 16.1. The van der Waals surface area contributed by atoms with E-state index in [1.807, 2.05) is 0 Å². The molecule has 1 aliphatic carbocycles. The maximum Gasteiger partial charge on any atom is 0.416 e. The summed E-state index contributed by atoms with van der Waals surface area (Å²) in [6.45, 7) is 0. The van der Waals surface area contributed by atoms with Gasteiger partial charge < -0.3 is 5.11 Å². The normalized spacial score (nSPS) is 22.3. The lowest BCUT2D eigenvalue weighted by Gasteiger charge is -2.40. The minimum Gasteiger partial charge on any atom is -0.481 e. The molecule has 0 spiro atoms. The summed E-state index contributed by atoms with van der Waals surface area (Å²) in [5.74, 6) is -3.20. The lowest BCUT2D eigenvalue weighted by Crippen LogP contribution is -2.41. The monoisotopic (exact) mass is 462 g/mol. The van der Waals surface area contributed by atoms with Crippen LogP contribution in [0.3, 0.4) is 0 Å². The molecule has 2 aromatic carbocycles. The van der Waals surface area contributed by atoms with Gasteiger partial charge in [0.05, 0.1) is 10.5 Å². The number of carbonyl (C=O) groups is 1. The highest BCUT2D eigenvalue weighted by molar-refractivity contribution is 7.92. The molecular formula is C21H19F5O4S. The molecule has 1 fully saturated rings. The van der Waals surface area contributed by atoms with Gasteiger partial charge in [-0.3, -0.25) is 4.79 Å². The zero-order chi connectivity index (χ0) is 23.0. The third-order valence-electron chi connectivity index (χ3n) is 5.80. The van der Waals surface area contributed by atoms with Crippen LogP contribution in [0.15, 0.2) is 47.4 Å². The molecule has 0 amide bonds. The van der Waals surface area contributed by atoms with Crippen LogP contribution >= 0.6 is 0 Å². The van der Waals surface area contributed by atoms with E-state index < -0.39 is 54.4 Å². The fourth-order valence-electron chi connectivity index (χ4n) is 4.17. The van der Waals surface area contributed by atoms with Gasteiger partial charge in [-0.05, 0) is 74.1 Å². The predicted octanol–water partition coefficient (Wildman–Crippen LogP) is 5.32. The maximum atomic E-state index is 14.7. The second kappa shape index (κ2) is 8.22. The topological polar surface area (TPSA) is 71.4 Å². The first-order chi connectivity index (χ1) is 14.4. The van der Waals surface area contributed by atoms with Gasteiger partial charge in [0.25, 0.3) is 0 Å². The maximum absolute atomic E-state index is 14.7. The first kappa shape index (κ1) is 23.2. The fourth-order valence-corrected chi connectivity index (χ4v) is 6.34. The molecule has 0 radical (unpaired) electrons. The van der Waals surface area contributed by atoms with Crippen LogP contribution in [-0.4, -0.2) is 19.5 Å². The number of hydrogen-bond acceptors (Lipinski definition) is 3. The van der Waals surface area contributed by atoms with Crippen LogP contribution < -0.4 is 0 Å². The molecule has 0 aromatic heterocycles. The van der Waals surface area contributed by atoms with Crippen LogP contribution in [0.25, 0.3) is 0 Å². The molecule has 0 saturated heterocycles. The van der Waals surface area contributed by atoms with Crippen molar-refractivity contribution in [1.29, 1.82) is 0 Å². The Morgan fingerprint density at radius 3 is 2.13 bits per heavy atom. The molecule has 4 nitrogen and oxygen atoms in total. The van der Waals surface area contributed by atoms with Crippen molar-refractivity contribution in [1.82, 2.24) is 0 Å². The van der Waals surface area contributed by atoms with Gasteiger partial charge in [-0.15, -0.1) is 0 Å². The summed E-state index contributed by atoms with van der Waals surface area (Å²) in [4.78, 5) is 10.6. The van der Waals surface area contributed by atoms with Gasteiger partial charge in [-0.2, -0.15) is 13.2 Å². The van der Waals surface area contributed by atoms with Crippen molar-refractivity contribution in [2.24, 2.45) is 5.92 Å². The lowest BCUT2D eigenvalue weighted by atomic mass is 9.76. The summed E-state index contributed by atoms with van der Waals surface area (Å²) in [7, 11) is -4.45. The molecule has 1 N–H and O–H groups in total. The first-order valence-electron chi connectivity index (χ1n) is 9.46. The number of benzene rings is 2. The molecule has 0 unspecified atom stereocenters. The van der Waals surface area contributed by atoms with E-state index in [1.165, 1.54) is 0 Å². The summed E-state index contributed by atoms with van der Waals surface area (Å²) in [5, 5.41) is 9.00. The van der Waals surface area contributed by atoms with E-state index in [-0.39, 0.29) is 38.0 Å². The van der Waals surface area contributed by atoms with E-state index in [1.54, 1.807) is 0 Å². The van der Waals surface area contributed by atoms with Gasteiger partial charge >= 0.3 is 12.1 Å². The summed E-state index contributed by atoms with van der Waals surface area (Å²) < 4.78 is 92.5. The van der Waals surface area contributed by atoms with Crippen LogP contribution in [-0.2, 0) is 25.6 Å². The van der Waals surface area contributed by atoms with E-state index in [2.05, 4.69) is 0 Å². The molecule has 0 aliphatic heterocycles. The molecule has 1 saturated carbocycles. The average molecular weight is 462 g/mol. The lowest BCUT2D eigenvalue weighted by molar-refractivity contribution is -0.139. The van der Waals surface area contributed by atoms with Gasteiger partial charge in [0.2, 0.25) is 0 Å². The number of carboxylic acid groups (broad SMARTS) is 1. The van der Waals surface area contributed by atoms with E-state index in [9.17, 15) is 35.2 Å². The Hall–Kier alpha value is -2.49. The predicted molar refractivity (Wildman–Crippen MR) is 101 cm³/mol. The Morgan fingerprint density at radius 2 is 1.61 bits per heavy atom. The van der Waals surface area contributed by atoms with Crippen molar-refractivity contribution in [2.75, 3.05) is 0 Å². The fraction of sp³-hybridized carbons (Fsp3) is 0.381. The molecule has 0 heterocycles. The number of hydrogen-bond donors (Lipinski definition) is 1. The van der Waals surface area contributed by atoms with Crippen molar-refractivity contribution >= 4 is 15.8 Å².